The number of carbonyl (C=O) groups excluding carboxylic acids is 1. The molecule has 8 nitrogen and oxygen atoms in total. The SMILES string of the molecule is O=C(OCc1ccccc1)N1CC=C(CC(O)CSc2c(-c3ccc(F)cc3F)c(C(F)(F)F)cc3c(O)nc(=O)[nH]c23)CC1. The summed E-state index contributed by atoms with van der Waals surface area (Å²) in [5.41, 5.74) is -2.29. The zero-order valence-corrected chi connectivity index (χ0v) is 24.2. The molecule has 236 valence electrons. The van der Waals surface area contributed by atoms with Crippen LogP contribution >= 0.6 is 11.8 Å². The van der Waals surface area contributed by atoms with Crippen LogP contribution < -0.4 is 5.69 Å². The summed E-state index contributed by atoms with van der Waals surface area (Å²) in [7, 11) is 0. The summed E-state index contributed by atoms with van der Waals surface area (Å²) < 4.78 is 76.9. The molecule has 4 aromatic rings. The molecular formula is C31H26F5N3O5S. The Morgan fingerprint density at radius 2 is 1.89 bits per heavy atom. The summed E-state index contributed by atoms with van der Waals surface area (Å²) >= 11 is 0.707. The summed E-state index contributed by atoms with van der Waals surface area (Å²) in [6.07, 6.45) is -4.33. The van der Waals surface area contributed by atoms with Gasteiger partial charge in [0.1, 0.15) is 18.2 Å². The summed E-state index contributed by atoms with van der Waals surface area (Å²) in [6.45, 7) is 0.692. The lowest BCUT2D eigenvalue weighted by molar-refractivity contribution is -0.137. The minimum Gasteiger partial charge on any atom is -0.493 e. The third-order valence-corrected chi connectivity index (χ3v) is 8.40. The molecule has 45 heavy (non-hydrogen) atoms. The highest BCUT2D eigenvalue weighted by Crippen LogP contribution is 2.47. The van der Waals surface area contributed by atoms with Crippen molar-refractivity contribution < 1.29 is 41.7 Å². The first-order valence-corrected chi connectivity index (χ1v) is 14.7. The van der Waals surface area contributed by atoms with Gasteiger partial charge in [-0.3, -0.25) is 0 Å². The summed E-state index contributed by atoms with van der Waals surface area (Å²) in [6, 6.07) is 11.8. The van der Waals surface area contributed by atoms with Gasteiger partial charge in [0, 0.05) is 40.9 Å². The van der Waals surface area contributed by atoms with Gasteiger partial charge in [-0.1, -0.05) is 42.0 Å². The quantitative estimate of drug-likeness (QED) is 0.115. The van der Waals surface area contributed by atoms with Crippen molar-refractivity contribution >= 4 is 28.8 Å². The number of halogens is 5. The number of ether oxygens (including phenoxy) is 1. The number of thioether (sulfide) groups is 1. The van der Waals surface area contributed by atoms with Gasteiger partial charge in [-0.15, -0.1) is 11.8 Å². The highest BCUT2D eigenvalue weighted by atomic mass is 32.2. The summed E-state index contributed by atoms with van der Waals surface area (Å²) in [4.78, 5) is 31.3. The van der Waals surface area contributed by atoms with E-state index in [4.69, 9.17) is 4.74 Å². The second kappa shape index (κ2) is 13.3. The van der Waals surface area contributed by atoms with Crippen molar-refractivity contribution in [3.63, 3.8) is 0 Å². The van der Waals surface area contributed by atoms with E-state index in [-0.39, 0.29) is 35.7 Å². The van der Waals surface area contributed by atoms with E-state index in [1.54, 1.807) is 6.08 Å². The lowest BCUT2D eigenvalue weighted by Gasteiger charge is -2.27. The van der Waals surface area contributed by atoms with Crippen LogP contribution in [0.2, 0.25) is 0 Å². The second-order valence-corrected chi connectivity index (χ2v) is 11.3. The van der Waals surface area contributed by atoms with Gasteiger partial charge in [0.15, 0.2) is 0 Å². The fourth-order valence-electron chi connectivity index (χ4n) is 4.99. The maximum Gasteiger partial charge on any atom is 0.417 e. The molecule has 1 amide bonds. The van der Waals surface area contributed by atoms with Gasteiger partial charge in [0.05, 0.1) is 22.6 Å². The summed E-state index contributed by atoms with van der Waals surface area (Å²) in [5, 5.41) is 20.7. The van der Waals surface area contributed by atoms with E-state index in [0.29, 0.717) is 36.9 Å². The first kappa shape index (κ1) is 32.0. The fraction of sp³-hybridized carbons (Fsp3) is 0.258. The second-order valence-electron chi connectivity index (χ2n) is 10.3. The number of H-pyrrole nitrogens is 1. The predicted octanol–water partition coefficient (Wildman–Crippen LogP) is 6.40. The zero-order chi connectivity index (χ0) is 32.3. The third kappa shape index (κ3) is 7.45. The first-order chi connectivity index (χ1) is 21.4. The molecule has 0 spiro atoms. The van der Waals surface area contributed by atoms with Crippen molar-refractivity contribution in [1.82, 2.24) is 14.9 Å². The lowest BCUT2D eigenvalue weighted by atomic mass is 9.96. The van der Waals surface area contributed by atoms with E-state index >= 15 is 0 Å². The highest BCUT2D eigenvalue weighted by Gasteiger charge is 2.37. The molecule has 1 aromatic heterocycles. The lowest BCUT2D eigenvalue weighted by Crippen LogP contribution is -2.35. The number of aromatic amines is 1. The molecule has 1 aliphatic heterocycles. The van der Waals surface area contributed by atoms with Crippen molar-refractivity contribution in [2.75, 3.05) is 18.8 Å². The number of aromatic nitrogens is 2. The standard InChI is InChI=1S/C31H26F5N3O5S/c32-19-6-7-21(24(33)13-19)25-23(31(34,35)36)14-22-26(37-29(42)38-28(22)41)27(25)45-16-20(40)12-17-8-10-39(11-9-17)30(43)44-15-18-4-2-1-3-5-18/h1-8,13-14,20,40H,9-12,15-16H2,(H2,37,38,41,42). The van der Waals surface area contributed by atoms with Gasteiger partial charge in [-0.25, -0.2) is 18.4 Å². The van der Waals surface area contributed by atoms with Gasteiger partial charge in [0.25, 0.3) is 0 Å². The van der Waals surface area contributed by atoms with E-state index in [2.05, 4.69) is 9.97 Å². The van der Waals surface area contributed by atoms with E-state index in [1.807, 2.05) is 30.3 Å². The summed E-state index contributed by atoms with van der Waals surface area (Å²) in [5.74, 6) is -3.44. The Balaban J connectivity index is 1.37. The molecule has 0 aliphatic carbocycles. The molecular weight excluding hydrogens is 621 g/mol. The largest absolute Gasteiger partial charge is 0.493 e. The van der Waals surface area contributed by atoms with Crippen molar-refractivity contribution in [1.29, 1.82) is 0 Å². The van der Waals surface area contributed by atoms with Crippen molar-refractivity contribution in [3.8, 4) is 17.0 Å². The number of nitrogens with zero attached hydrogens (tertiary/aromatic N) is 2. The van der Waals surface area contributed by atoms with Crippen molar-refractivity contribution in [2.45, 2.75) is 36.6 Å². The van der Waals surface area contributed by atoms with Crippen LogP contribution in [0.25, 0.3) is 22.0 Å². The maximum absolute atomic E-state index is 14.9. The van der Waals surface area contributed by atoms with Crippen LogP contribution in [0, 0.1) is 11.6 Å². The number of benzene rings is 3. The van der Waals surface area contributed by atoms with Crippen LogP contribution in [0.1, 0.15) is 24.0 Å². The smallest absolute Gasteiger partial charge is 0.417 e. The van der Waals surface area contributed by atoms with Gasteiger partial charge in [0.2, 0.25) is 5.88 Å². The first-order valence-electron chi connectivity index (χ1n) is 13.7. The topological polar surface area (TPSA) is 116 Å². The zero-order valence-electron chi connectivity index (χ0n) is 23.4. The molecule has 0 radical (unpaired) electrons. The Kier molecular flexibility index (Phi) is 9.44. The molecule has 2 heterocycles. The Morgan fingerprint density at radius 1 is 1.13 bits per heavy atom. The number of carbonyl (C=O) groups is 1. The molecule has 3 aromatic carbocycles. The number of aliphatic hydroxyl groups is 1. The number of alkyl halides is 3. The number of nitrogens with one attached hydrogen (secondary N) is 1. The average molecular weight is 648 g/mol. The molecule has 0 fully saturated rings. The molecule has 3 N–H and O–H groups in total. The number of aliphatic hydroxyl groups excluding tert-OH is 1. The fourth-order valence-corrected chi connectivity index (χ4v) is 6.14. The normalized spacial score (nSPS) is 14.4. The number of hydrogen-bond donors (Lipinski definition) is 3. The van der Waals surface area contributed by atoms with Gasteiger partial charge in [-0.05, 0) is 36.6 Å². The molecule has 1 unspecified atom stereocenters. The van der Waals surface area contributed by atoms with Crippen LogP contribution in [0.15, 0.2) is 75.9 Å². The minimum atomic E-state index is -5.05. The van der Waals surface area contributed by atoms with Crippen LogP contribution in [0.3, 0.4) is 0 Å². The van der Waals surface area contributed by atoms with Gasteiger partial charge < -0.3 is 24.8 Å². The predicted molar refractivity (Wildman–Crippen MR) is 157 cm³/mol. The van der Waals surface area contributed by atoms with E-state index in [9.17, 15) is 41.8 Å². The van der Waals surface area contributed by atoms with E-state index in [0.717, 1.165) is 23.3 Å². The molecule has 5 rings (SSSR count). The Morgan fingerprint density at radius 3 is 2.56 bits per heavy atom. The van der Waals surface area contributed by atoms with Crippen LogP contribution in [-0.4, -0.2) is 56.1 Å². The molecule has 0 saturated heterocycles. The number of fused-ring (bicyclic) bond motifs is 1. The monoisotopic (exact) mass is 647 g/mol. The van der Waals surface area contributed by atoms with Gasteiger partial charge >= 0.3 is 18.0 Å². The Labute approximate surface area is 257 Å². The van der Waals surface area contributed by atoms with E-state index < -0.39 is 63.7 Å². The average Bonchev–Trinajstić information content (AvgIpc) is 2.99. The molecule has 1 atom stereocenters. The number of aromatic hydroxyl groups is 1. The maximum atomic E-state index is 14.9. The van der Waals surface area contributed by atoms with Crippen LogP contribution in [0.4, 0.5) is 26.7 Å². The molecule has 0 saturated carbocycles. The molecule has 0 bridgehead atoms. The minimum absolute atomic E-state index is 0.121. The van der Waals surface area contributed by atoms with Crippen molar-refractivity contribution in [3.05, 3.63) is 99.5 Å². The number of hydrogen-bond acceptors (Lipinski definition) is 7. The molecule has 14 heteroatoms. The van der Waals surface area contributed by atoms with E-state index in [1.165, 1.54) is 4.90 Å². The highest BCUT2D eigenvalue weighted by molar-refractivity contribution is 7.99. The van der Waals surface area contributed by atoms with Crippen LogP contribution in [0.5, 0.6) is 5.88 Å². The third-order valence-electron chi connectivity index (χ3n) is 7.15. The Hall–Kier alpha value is -4.43. The Bertz CT molecular complexity index is 1810. The number of rotatable bonds is 8. The molecule has 1 aliphatic rings. The van der Waals surface area contributed by atoms with Gasteiger partial charge in [-0.2, -0.15) is 18.2 Å². The van der Waals surface area contributed by atoms with Crippen molar-refractivity contribution in [2.24, 2.45) is 0 Å². The number of amides is 1. The van der Waals surface area contributed by atoms with Crippen LogP contribution in [-0.2, 0) is 17.5 Å².